The first-order chi connectivity index (χ1) is 10.9. The van der Waals surface area contributed by atoms with Crippen LogP contribution in [0, 0.1) is 13.0 Å². The molecule has 1 aromatic carbocycles. The molecule has 0 amide bonds. The Kier molecular flexibility index (Phi) is 4.98. The van der Waals surface area contributed by atoms with Gasteiger partial charge in [0, 0.05) is 5.04 Å². The molecule has 0 spiro atoms. The fourth-order valence-electron chi connectivity index (χ4n) is 4.15. The van der Waals surface area contributed by atoms with E-state index in [-0.39, 0.29) is 5.04 Å². The van der Waals surface area contributed by atoms with Crippen LogP contribution in [-0.2, 0) is 0 Å². The van der Waals surface area contributed by atoms with Crippen LogP contribution in [0.25, 0.3) is 0 Å². The van der Waals surface area contributed by atoms with Gasteiger partial charge < -0.3 is 0 Å². The molecule has 1 aromatic rings. The predicted molar refractivity (Wildman–Crippen MR) is 115 cm³/mol. The van der Waals surface area contributed by atoms with Crippen LogP contribution >= 0.6 is 0 Å². The van der Waals surface area contributed by atoms with Crippen LogP contribution in [0.5, 0.6) is 0 Å². The molecule has 0 aliphatic heterocycles. The van der Waals surface area contributed by atoms with Crippen molar-refractivity contribution in [2.24, 2.45) is 0 Å². The molecule has 0 fully saturated rings. The van der Waals surface area contributed by atoms with Crippen LogP contribution in [0.4, 0.5) is 0 Å². The van der Waals surface area contributed by atoms with Gasteiger partial charge in [0.25, 0.3) is 0 Å². The van der Waals surface area contributed by atoms with Crippen molar-refractivity contribution in [3.8, 4) is 0 Å². The van der Waals surface area contributed by atoms with Crippen molar-refractivity contribution >= 4 is 26.5 Å². The van der Waals surface area contributed by atoms with Crippen LogP contribution in [-0.4, -0.2) is 16.1 Å². The van der Waals surface area contributed by atoms with Gasteiger partial charge in [0.15, 0.2) is 0 Å². The van der Waals surface area contributed by atoms with Gasteiger partial charge in [0.05, 0.1) is 16.1 Å². The van der Waals surface area contributed by atoms with E-state index >= 15 is 0 Å². The highest BCUT2D eigenvalue weighted by atomic mass is 28.3. The Hall–Kier alpha value is -0.866. The molecular weight excluding hydrogens is 320 g/mol. The summed E-state index contributed by atoms with van der Waals surface area (Å²) in [6.45, 7) is 23.9. The summed E-state index contributed by atoms with van der Waals surface area (Å²) in [5, 5.41) is 3.34. The Labute approximate surface area is 152 Å². The zero-order valence-electron chi connectivity index (χ0n) is 17.4. The molecule has 0 saturated heterocycles. The van der Waals surface area contributed by atoms with E-state index in [0.717, 1.165) is 0 Å². The topological polar surface area (TPSA) is 0 Å². The van der Waals surface area contributed by atoms with Crippen LogP contribution in [0.15, 0.2) is 34.9 Å². The number of hydrogen-bond acceptors (Lipinski definition) is 0. The standard InChI is InChI=1S/C22H35Si2/c1-11-24(10,22(6)15-17(3)18(4)19(22)5)21-13-16(2)12-20(14-21)23(7,8)9/h12-14H,11H2,1-10H3. The van der Waals surface area contributed by atoms with Gasteiger partial charge in [0.2, 0.25) is 0 Å². The molecule has 2 unspecified atom stereocenters. The summed E-state index contributed by atoms with van der Waals surface area (Å²) >= 11 is 0. The third kappa shape index (κ3) is 2.92. The molecule has 1 radical (unpaired) electrons. The first-order valence-corrected chi connectivity index (χ1v) is 15.5. The first kappa shape index (κ1) is 19.5. The average molecular weight is 356 g/mol. The number of aryl methyl sites for hydroxylation is 1. The number of hydrogen-bond donors (Lipinski definition) is 0. The Morgan fingerprint density at radius 3 is 1.88 bits per heavy atom. The highest BCUT2D eigenvalue weighted by Gasteiger charge is 2.49. The molecule has 0 saturated carbocycles. The van der Waals surface area contributed by atoms with Gasteiger partial charge in [0.1, 0.15) is 0 Å². The number of rotatable bonds is 4. The molecule has 2 rings (SSSR count). The number of allylic oxidation sites excluding steroid dienone is 4. The van der Waals surface area contributed by atoms with Gasteiger partial charge in [-0.25, -0.2) is 0 Å². The lowest BCUT2D eigenvalue weighted by Gasteiger charge is -2.43. The molecule has 0 bridgehead atoms. The van der Waals surface area contributed by atoms with Gasteiger partial charge >= 0.3 is 0 Å². The normalized spacial score (nSPS) is 24.2. The molecule has 0 heterocycles. The molecular formula is C22H35Si2. The van der Waals surface area contributed by atoms with Crippen LogP contribution in [0.1, 0.15) is 40.2 Å². The van der Waals surface area contributed by atoms with Gasteiger partial charge in [-0.2, -0.15) is 0 Å². The lowest BCUT2D eigenvalue weighted by molar-refractivity contribution is 0.826. The zero-order valence-corrected chi connectivity index (χ0v) is 19.4. The maximum Gasteiger partial charge on any atom is 0.0981 e. The minimum atomic E-state index is -1.75. The third-order valence-electron chi connectivity index (χ3n) is 6.70. The molecule has 0 aromatic heterocycles. The SMILES string of the molecule is CC[Si](C)(c1cc(C)cc([Si](C)(C)C)c1)C1(C)[C]=C(C)C(C)=C1C. The Morgan fingerprint density at radius 1 is 0.917 bits per heavy atom. The van der Waals surface area contributed by atoms with E-state index in [9.17, 15) is 0 Å². The van der Waals surface area contributed by atoms with E-state index in [1.54, 1.807) is 15.9 Å². The van der Waals surface area contributed by atoms with Crippen molar-refractivity contribution in [2.45, 2.75) is 78.8 Å². The highest BCUT2D eigenvalue weighted by molar-refractivity contribution is 6.95. The summed E-state index contributed by atoms with van der Waals surface area (Å²) in [6.07, 6.45) is 3.91. The lowest BCUT2D eigenvalue weighted by atomic mass is 10.0. The third-order valence-corrected chi connectivity index (χ3v) is 14.4. The van der Waals surface area contributed by atoms with E-state index in [0.29, 0.717) is 0 Å². The first-order valence-electron chi connectivity index (χ1n) is 9.29. The molecule has 1 aliphatic rings. The second kappa shape index (κ2) is 6.14. The number of benzene rings is 1. The minimum absolute atomic E-state index is 0.112. The van der Waals surface area contributed by atoms with Crippen LogP contribution < -0.4 is 10.4 Å². The van der Waals surface area contributed by atoms with Crippen LogP contribution in [0.2, 0.25) is 37.3 Å². The predicted octanol–water partition coefficient (Wildman–Crippen LogP) is 5.71. The Bertz CT molecular complexity index is 718. The summed E-state index contributed by atoms with van der Waals surface area (Å²) in [5.41, 5.74) is 5.80. The van der Waals surface area contributed by atoms with Crippen molar-refractivity contribution in [3.05, 3.63) is 46.6 Å². The average Bonchev–Trinajstić information content (AvgIpc) is 2.69. The smallest absolute Gasteiger partial charge is 0.0674 e. The Morgan fingerprint density at radius 2 is 1.46 bits per heavy atom. The second-order valence-electron chi connectivity index (χ2n) is 9.15. The minimum Gasteiger partial charge on any atom is -0.0674 e. The molecule has 1 aliphatic carbocycles. The quantitative estimate of drug-likeness (QED) is 0.607. The van der Waals surface area contributed by atoms with Gasteiger partial charge in [-0.3, -0.25) is 0 Å². The Balaban J connectivity index is 2.71. The van der Waals surface area contributed by atoms with E-state index < -0.39 is 16.1 Å². The molecule has 2 atom stereocenters. The summed E-state index contributed by atoms with van der Waals surface area (Å²) in [4.78, 5) is 0. The van der Waals surface area contributed by atoms with Crippen molar-refractivity contribution < 1.29 is 0 Å². The summed E-state index contributed by atoms with van der Waals surface area (Å²) in [5.74, 6) is 0. The summed E-state index contributed by atoms with van der Waals surface area (Å²) < 4.78 is 0. The van der Waals surface area contributed by atoms with Gasteiger partial charge in [-0.1, -0.05) is 85.8 Å². The van der Waals surface area contributed by atoms with Crippen molar-refractivity contribution in [1.29, 1.82) is 0 Å². The molecule has 24 heavy (non-hydrogen) atoms. The van der Waals surface area contributed by atoms with Crippen LogP contribution in [0.3, 0.4) is 0 Å². The van der Waals surface area contributed by atoms with Gasteiger partial charge in [-0.15, -0.1) is 0 Å². The van der Waals surface area contributed by atoms with E-state index in [1.807, 2.05) is 0 Å². The fraction of sp³-hybridized carbons (Fsp3) is 0.545. The van der Waals surface area contributed by atoms with E-state index in [1.165, 1.54) is 22.8 Å². The van der Waals surface area contributed by atoms with Crippen molar-refractivity contribution in [3.63, 3.8) is 0 Å². The fourth-order valence-corrected chi connectivity index (χ4v) is 9.74. The van der Waals surface area contributed by atoms with E-state index in [4.69, 9.17) is 0 Å². The maximum absolute atomic E-state index is 3.91. The summed E-state index contributed by atoms with van der Waals surface area (Å²) in [7, 11) is -3.06. The van der Waals surface area contributed by atoms with Gasteiger partial charge in [-0.05, 0) is 44.9 Å². The maximum atomic E-state index is 3.91. The van der Waals surface area contributed by atoms with Crippen molar-refractivity contribution in [2.75, 3.05) is 0 Å². The summed E-state index contributed by atoms with van der Waals surface area (Å²) in [6, 6.07) is 8.72. The lowest BCUT2D eigenvalue weighted by Crippen LogP contribution is -2.55. The second-order valence-corrected chi connectivity index (χ2v) is 19.2. The van der Waals surface area contributed by atoms with Crippen molar-refractivity contribution in [1.82, 2.24) is 0 Å². The monoisotopic (exact) mass is 355 g/mol. The highest BCUT2D eigenvalue weighted by Crippen LogP contribution is 2.53. The zero-order chi connectivity index (χ0) is 18.5. The largest absolute Gasteiger partial charge is 0.0981 e. The van der Waals surface area contributed by atoms with E-state index in [2.05, 4.69) is 92.0 Å². The molecule has 0 nitrogen and oxygen atoms in total. The molecule has 0 N–H and O–H groups in total. The molecule has 131 valence electrons. The molecule has 2 heteroatoms.